The molecule has 3 atom stereocenters. The lowest BCUT2D eigenvalue weighted by atomic mass is 10.0. The third kappa shape index (κ3) is 4.52. The molecule has 5 N–H and O–H groups in total. The Morgan fingerprint density at radius 1 is 1.34 bits per heavy atom. The van der Waals surface area contributed by atoms with Crippen molar-refractivity contribution in [2.45, 2.75) is 44.5 Å². The zero-order valence-electron chi connectivity index (χ0n) is 17.8. The number of hydrogen-bond donors (Lipinski definition) is 5. The highest BCUT2D eigenvalue weighted by Gasteiger charge is 2.36. The van der Waals surface area contributed by atoms with Gasteiger partial charge in [-0.15, -0.1) is 0 Å². The lowest BCUT2D eigenvalue weighted by Crippen LogP contribution is -2.24. The molecule has 1 aliphatic rings. The number of fused-ring (bicyclic) bond motifs is 1. The van der Waals surface area contributed by atoms with Gasteiger partial charge < -0.3 is 24.7 Å². The Balaban J connectivity index is 1.46. The van der Waals surface area contributed by atoms with Crippen molar-refractivity contribution in [3.63, 3.8) is 0 Å². The molecule has 1 fully saturated rings. The molecule has 3 aromatic rings. The molecule has 1 aromatic carbocycles. The minimum absolute atomic E-state index is 0.0237. The molecule has 0 bridgehead atoms. The molecule has 10 nitrogen and oxygen atoms in total. The number of benzene rings is 1. The first-order valence-corrected chi connectivity index (χ1v) is 10.4. The number of aromatic nitrogens is 3. The maximum Gasteiger partial charge on any atom is 0.276 e. The Kier molecular flexibility index (Phi) is 6.26. The molecule has 1 saturated heterocycles. The summed E-state index contributed by atoms with van der Waals surface area (Å²) in [4.78, 5) is 34.5. The summed E-state index contributed by atoms with van der Waals surface area (Å²) in [5.74, 6) is 0.454. The van der Waals surface area contributed by atoms with Gasteiger partial charge in [-0.3, -0.25) is 19.9 Å². The van der Waals surface area contributed by atoms with Crippen LogP contribution in [0.5, 0.6) is 5.75 Å². The van der Waals surface area contributed by atoms with E-state index in [0.29, 0.717) is 22.7 Å². The van der Waals surface area contributed by atoms with Crippen LogP contribution in [0.2, 0.25) is 0 Å². The highest BCUT2D eigenvalue weighted by molar-refractivity contribution is 5.91. The van der Waals surface area contributed by atoms with E-state index in [1.165, 1.54) is 5.56 Å². The highest BCUT2D eigenvalue weighted by atomic mass is 16.5. The molecule has 3 heterocycles. The van der Waals surface area contributed by atoms with Crippen molar-refractivity contribution in [2.24, 2.45) is 0 Å². The minimum Gasteiger partial charge on any atom is -0.484 e. The van der Waals surface area contributed by atoms with Gasteiger partial charge in [-0.25, -0.2) is 4.98 Å². The number of carbonyl (C=O) groups is 1. The number of rotatable bonds is 7. The van der Waals surface area contributed by atoms with Crippen LogP contribution in [0.25, 0.3) is 11.0 Å². The Labute approximate surface area is 183 Å². The van der Waals surface area contributed by atoms with Gasteiger partial charge in [0.05, 0.1) is 18.8 Å². The number of nitrogens with one attached hydrogen (secondary N) is 3. The fourth-order valence-corrected chi connectivity index (χ4v) is 3.70. The molecule has 1 amide bonds. The van der Waals surface area contributed by atoms with Gasteiger partial charge in [-0.05, 0) is 23.6 Å². The predicted molar refractivity (Wildman–Crippen MR) is 117 cm³/mol. The zero-order chi connectivity index (χ0) is 22.8. The second-order valence-corrected chi connectivity index (χ2v) is 8.09. The van der Waals surface area contributed by atoms with Crippen molar-refractivity contribution in [1.29, 1.82) is 0 Å². The molecule has 0 saturated carbocycles. The van der Waals surface area contributed by atoms with Crippen LogP contribution in [0.3, 0.4) is 0 Å². The predicted octanol–water partition coefficient (Wildman–Crippen LogP) is 1.58. The fourth-order valence-electron chi connectivity index (χ4n) is 3.70. The third-order valence-electron chi connectivity index (χ3n) is 5.49. The molecule has 10 heteroatoms. The summed E-state index contributed by atoms with van der Waals surface area (Å²) in [6.07, 6.45) is -0.205. The number of carbonyl (C=O) groups excluding carboxylic acids is 1. The Morgan fingerprint density at radius 3 is 2.75 bits per heavy atom. The van der Waals surface area contributed by atoms with Gasteiger partial charge in [-0.1, -0.05) is 26.0 Å². The number of nitrogens with zero attached hydrogens (tertiary/aromatic N) is 1. The molecule has 0 radical (unpaired) electrons. The van der Waals surface area contributed by atoms with Crippen LogP contribution >= 0.6 is 0 Å². The molecule has 4 rings (SSSR count). The third-order valence-corrected chi connectivity index (χ3v) is 5.49. The number of anilines is 1. The molecule has 2 aromatic heterocycles. The fraction of sp³-hybridized carbons (Fsp3) is 0.409. The largest absolute Gasteiger partial charge is 0.484 e. The average Bonchev–Trinajstić information content (AvgIpc) is 3.35. The number of amides is 1. The number of hydrogen-bond acceptors (Lipinski definition) is 7. The minimum atomic E-state index is -0.817. The van der Waals surface area contributed by atoms with Crippen LogP contribution in [0.4, 0.5) is 5.95 Å². The number of aromatic amines is 2. The van der Waals surface area contributed by atoms with Gasteiger partial charge in [0, 0.05) is 18.2 Å². The highest BCUT2D eigenvalue weighted by Crippen LogP contribution is 2.35. The summed E-state index contributed by atoms with van der Waals surface area (Å²) in [7, 11) is 0. The summed E-state index contributed by atoms with van der Waals surface area (Å²) in [6.45, 7) is 3.62. The second-order valence-electron chi connectivity index (χ2n) is 8.09. The quantitative estimate of drug-likeness (QED) is 0.373. The van der Waals surface area contributed by atoms with Crippen LogP contribution in [0.1, 0.15) is 43.4 Å². The molecular weight excluding hydrogens is 416 g/mol. The van der Waals surface area contributed by atoms with Crippen molar-refractivity contribution in [2.75, 3.05) is 18.5 Å². The van der Waals surface area contributed by atoms with Gasteiger partial charge >= 0.3 is 0 Å². The molecule has 0 spiro atoms. The van der Waals surface area contributed by atoms with Crippen LogP contribution in [-0.4, -0.2) is 56.5 Å². The van der Waals surface area contributed by atoms with Crippen molar-refractivity contribution < 1.29 is 24.5 Å². The normalized spacial score (nSPS) is 20.7. The first kappa shape index (κ1) is 22.0. The Bertz CT molecular complexity index is 1150. The lowest BCUT2D eigenvalue weighted by Gasteiger charge is -2.11. The summed E-state index contributed by atoms with van der Waals surface area (Å²) in [6, 6.07) is 7.50. The molecule has 170 valence electrons. The van der Waals surface area contributed by atoms with E-state index in [1.54, 1.807) is 18.3 Å². The van der Waals surface area contributed by atoms with Crippen LogP contribution in [0, 0.1) is 0 Å². The molecule has 1 aliphatic heterocycles. The summed E-state index contributed by atoms with van der Waals surface area (Å²) in [5.41, 5.74) is 1.83. The van der Waals surface area contributed by atoms with Gasteiger partial charge in [-0.2, -0.15) is 0 Å². The number of H-pyrrole nitrogens is 2. The van der Waals surface area contributed by atoms with E-state index in [4.69, 9.17) is 9.47 Å². The van der Waals surface area contributed by atoms with Crippen LogP contribution < -0.4 is 15.6 Å². The average molecular weight is 442 g/mol. The van der Waals surface area contributed by atoms with Crippen LogP contribution in [-0.2, 0) is 9.53 Å². The standard InChI is InChI=1S/C22H26N4O6/c1-11(2)12-3-5-13(6-4-12)31-10-18(29)24-22-25-19-14(8-23-20(19)21(30)26-22)16-7-15(28)17(9-27)32-16/h3-6,8,11,15-17,23,27-28H,7,9-10H2,1-2H3,(H2,24,25,26,29,30)/t15-,16+,17+/m0/s1. The Morgan fingerprint density at radius 2 is 2.09 bits per heavy atom. The van der Waals surface area contributed by atoms with E-state index in [1.807, 2.05) is 12.1 Å². The zero-order valence-corrected chi connectivity index (χ0v) is 17.8. The maximum absolute atomic E-state index is 12.4. The first-order valence-electron chi connectivity index (χ1n) is 10.4. The second kappa shape index (κ2) is 9.11. The van der Waals surface area contributed by atoms with Crippen molar-refractivity contribution in [1.82, 2.24) is 15.0 Å². The monoisotopic (exact) mass is 442 g/mol. The van der Waals surface area contributed by atoms with Gasteiger partial charge in [0.15, 0.2) is 6.61 Å². The number of aliphatic hydroxyl groups is 2. The van der Waals surface area contributed by atoms with E-state index in [0.717, 1.165) is 0 Å². The molecule has 32 heavy (non-hydrogen) atoms. The summed E-state index contributed by atoms with van der Waals surface area (Å²) < 4.78 is 11.2. The topological polar surface area (TPSA) is 150 Å². The van der Waals surface area contributed by atoms with Gasteiger partial charge in [0.2, 0.25) is 5.95 Å². The summed E-state index contributed by atoms with van der Waals surface area (Å²) in [5, 5.41) is 21.8. The number of ether oxygens (including phenoxy) is 2. The lowest BCUT2D eigenvalue weighted by molar-refractivity contribution is -0.118. The van der Waals surface area contributed by atoms with E-state index < -0.39 is 29.8 Å². The van der Waals surface area contributed by atoms with Gasteiger partial charge in [0.25, 0.3) is 11.5 Å². The summed E-state index contributed by atoms with van der Waals surface area (Å²) >= 11 is 0. The molecular formula is C22H26N4O6. The van der Waals surface area contributed by atoms with E-state index >= 15 is 0 Å². The maximum atomic E-state index is 12.4. The first-order chi connectivity index (χ1) is 15.4. The van der Waals surface area contributed by atoms with E-state index in [-0.39, 0.29) is 31.1 Å². The van der Waals surface area contributed by atoms with Crippen molar-refractivity contribution in [3.05, 3.63) is 51.9 Å². The van der Waals surface area contributed by atoms with Crippen LogP contribution in [0.15, 0.2) is 35.3 Å². The van der Waals surface area contributed by atoms with Gasteiger partial charge in [0.1, 0.15) is 22.9 Å². The Hall–Kier alpha value is -3.21. The van der Waals surface area contributed by atoms with Crippen molar-refractivity contribution >= 4 is 22.9 Å². The molecule has 0 unspecified atom stereocenters. The SMILES string of the molecule is CC(C)c1ccc(OCC(=O)Nc2nc3c([C@H]4C[C@H](O)[C@@H](CO)O4)c[nH]c3c(=O)[nH]2)cc1. The number of aliphatic hydroxyl groups excluding tert-OH is 2. The smallest absolute Gasteiger partial charge is 0.276 e. The van der Waals surface area contributed by atoms with Crippen molar-refractivity contribution in [3.8, 4) is 5.75 Å². The van der Waals surface area contributed by atoms with E-state index in [2.05, 4.69) is 34.1 Å². The van der Waals surface area contributed by atoms with E-state index in [9.17, 15) is 19.8 Å². The molecule has 0 aliphatic carbocycles.